The summed E-state index contributed by atoms with van der Waals surface area (Å²) in [5, 5.41) is 11.3. The highest BCUT2D eigenvalue weighted by molar-refractivity contribution is 5.93. The van der Waals surface area contributed by atoms with Gasteiger partial charge in [0.05, 0.1) is 32.6 Å². The van der Waals surface area contributed by atoms with E-state index >= 15 is 0 Å². The van der Waals surface area contributed by atoms with Crippen LogP contribution in [0.3, 0.4) is 0 Å². The van der Waals surface area contributed by atoms with Crippen molar-refractivity contribution in [1.82, 2.24) is 25.2 Å². The molecule has 2 aliphatic rings. The molecule has 166 valence electrons. The molecule has 31 heavy (non-hydrogen) atoms. The number of carbonyl (C=O) groups excluding carboxylic acids is 2. The van der Waals surface area contributed by atoms with E-state index in [1.54, 1.807) is 23.6 Å². The number of piperidine rings is 1. The summed E-state index contributed by atoms with van der Waals surface area (Å²) in [5.74, 6) is 0.524. The number of ether oxygens (including phenoxy) is 3. The van der Waals surface area contributed by atoms with Gasteiger partial charge in [-0.1, -0.05) is 17.3 Å². The molecular weight excluding hydrogens is 402 g/mol. The minimum Gasteiger partial charge on any atom is -0.497 e. The number of likely N-dealkylation sites (tertiary alicyclic amines) is 1. The van der Waals surface area contributed by atoms with Crippen LogP contribution in [0.4, 0.5) is 4.79 Å². The molecule has 4 rings (SSSR count). The summed E-state index contributed by atoms with van der Waals surface area (Å²) in [6.07, 6.45) is 0.875. The van der Waals surface area contributed by atoms with Gasteiger partial charge in [-0.25, -0.2) is 9.48 Å². The van der Waals surface area contributed by atoms with Crippen LogP contribution in [0.2, 0.25) is 0 Å². The number of benzene rings is 1. The van der Waals surface area contributed by atoms with Crippen LogP contribution < -0.4 is 10.1 Å². The van der Waals surface area contributed by atoms with Crippen molar-refractivity contribution in [1.29, 1.82) is 0 Å². The predicted molar refractivity (Wildman–Crippen MR) is 110 cm³/mol. The van der Waals surface area contributed by atoms with Crippen LogP contribution in [0.15, 0.2) is 24.3 Å². The highest BCUT2D eigenvalue weighted by atomic mass is 16.6. The third-order valence-electron chi connectivity index (χ3n) is 5.66. The number of nitrogens with zero attached hydrogens (tertiary/aromatic N) is 4. The lowest BCUT2D eigenvalue weighted by molar-refractivity contribution is -0.00181. The largest absolute Gasteiger partial charge is 0.497 e. The maximum absolute atomic E-state index is 12.8. The molecule has 1 atom stereocenters. The Balaban J connectivity index is 1.34. The van der Waals surface area contributed by atoms with Gasteiger partial charge in [-0.2, -0.15) is 0 Å². The standard InChI is InChI=1S/C21H27N5O5/c1-3-30-21(28)25-10-8-15(9-11-25)22-20(27)19-17-13-31-18(12-26(17)24-23-19)14-4-6-16(29-2)7-5-14/h4-7,15,18H,3,8-13H2,1-2H3,(H,22,27)/t18-/m1/s1. The highest BCUT2D eigenvalue weighted by Crippen LogP contribution is 2.28. The number of hydrogen-bond acceptors (Lipinski definition) is 7. The van der Waals surface area contributed by atoms with Gasteiger partial charge in [-0.15, -0.1) is 5.10 Å². The van der Waals surface area contributed by atoms with Crippen LogP contribution in [-0.2, 0) is 22.6 Å². The average molecular weight is 429 g/mol. The zero-order valence-electron chi connectivity index (χ0n) is 17.7. The summed E-state index contributed by atoms with van der Waals surface area (Å²) in [5.41, 5.74) is 1.98. The van der Waals surface area contributed by atoms with Gasteiger partial charge >= 0.3 is 6.09 Å². The SMILES string of the molecule is CCOC(=O)N1CCC(NC(=O)c2nnn3c2CO[C@@H](c2ccc(OC)cc2)C3)CC1. The molecule has 1 fully saturated rings. The molecule has 0 spiro atoms. The molecule has 2 amide bonds. The van der Waals surface area contributed by atoms with E-state index in [2.05, 4.69) is 15.6 Å². The quantitative estimate of drug-likeness (QED) is 0.773. The number of carbonyl (C=O) groups is 2. The molecule has 1 aromatic carbocycles. The fourth-order valence-corrected chi connectivity index (χ4v) is 3.88. The summed E-state index contributed by atoms with van der Waals surface area (Å²) in [7, 11) is 1.63. The zero-order valence-corrected chi connectivity index (χ0v) is 17.7. The predicted octanol–water partition coefficient (Wildman–Crippen LogP) is 1.91. The number of fused-ring (bicyclic) bond motifs is 1. The van der Waals surface area contributed by atoms with E-state index < -0.39 is 0 Å². The maximum atomic E-state index is 12.8. The Morgan fingerprint density at radius 3 is 2.65 bits per heavy atom. The first-order valence-electron chi connectivity index (χ1n) is 10.5. The monoisotopic (exact) mass is 429 g/mol. The van der Waals surface area contributed by atoms with E-state index in [9.17, 15) is 9.59 Å². The van der Waals surface area contributed by atoms with Crippen molar-refractivity contribution in [2.24, 2.45) is 0 Å². The number of hydrogen-bond donors (Lipinski definition) is 1. The lowest BCUT2D eigenvalue weighted by Gasteiger charge is -2.31. The van der Waals surface area contributed by atoms with E-state index in [1.165, 1.54) is 0 Å². The second-order valence-corrected chi connectivity index (χ2v) is 7.57. The van der Waals surface area contributed by atoms with Crippen molar-refractivity contribution in [3.8, 4) is 5.75 Å². The molecular formula is C21H27N5O5. The Morgan fingerprint density at radius 1 is 1.23 bits per heavy atom. The van der Waals surface area contributed by atoms with Gasteiger partial charge in [0, 0.05) is 19.1 Å². The molecule has 0 saturated carbocycles. The van der Waals surface area contributed by atoms with E-state index in [1.807, 2.05) is 24.3 Å². The number of nitrogens with one attached hydrogen (secondary N) is 1. The summed E-state index contributed by atoms with van der Waals surface area (Å²) in [6.45, 7) is 3.99. The highest BCUT2D eigenvalue weighted by Gasteiger charge is 2.30. The van der Waals surface area contributed by atoms with Crippen LogP contribution >= 0.6 is 0 Å². The molecule has 10 nitrogen and oxygen atoms in total. The number of rotatable bonds is 5. The average Bonchev–Trinajstić information content (AvgIpc) is 3.23. The molecule has 1 aromatic heterocycles. The van der Waals surface area contributed by atoms with Crippen LogP contribution in [-0.4, -0.2) is 64.7 Å². The zero-order chi connectivity index (χ0) is 21.8. The summed E-state index contributed by atoms with van der Waals surface area (Å²) in [6, 6.07) is 7.68. The maximum Gasteiger partial charge on any atom is 0.409 e. The summed E-state index contributed by atoms with van der Waals surface area (Å²) >= 11 is 0. The van der Waals surface area contributed by atoms with Crippen molar-refractivity contribution < 1.29 is 23.8 Å². The first-order chi connectivity index (χ1) is 15.1. The van der Waals surface area contributed by atoms with E-state index in [-0.39, 0.29) is 30.8 Å². The Hall–Kier alpha value is -3.14. The molecule has 0 bridgehead atoms. The Labute approximate surface area is 180 Å². The first kappa shape index (κ1) is 21.1. The van der Waals surface area contributed by atoms with Gasteiger partial charge in [0.2, 0.25) is 0 Å². The molecule has 0 radical (unpaired) electrons. The van der Waals surface area contributed by atoms with Gasteiger partial charge in [0.15, 0.2) is 5.69 Å². The fraction of sp³-hybridized carbons (Fsp3) is 0.524. The van der Waals surface area contributed by atoms with Gasteiger partial charge in [0.25, 0.3) is 5.91 Å². The molecule has 2 aliphatic heterocycles. The summed E-state index contributed by atoms with van der Waals surface area (Å²) < 4.78 is 17.9. The van der Waals surface area contributed by atoms with E-state index in [0.717, 1.165) is 11.3 Å². The smallest absolute Gasteiger partial charge is 0.409 e. The lowest BCUT2D eigenvalue weighted by Crippen LogP contribution is -2.47. The van der Waals surface area contributed by atoms with Crippen molar-refractivity contribution in [2.75, 3.05) is 26.8 Å². The normalized spacial score (nSPS) is 18.9. The van der Waals surface area contributed by atoms with Gasteiger partial charge in [-0.05, 0) is 37.5 Å². The molecule has 0 aliphatic carbocycles. The molecule has 0 unspecified atom stereocenters. The van der Waals surface area contributed by atoms with Crippen molar-refractivity contribution >= 4 is 12.0 Å². The van der Waals surface area contributed by atoms with Crippen molar-refractivity contribution in [3.05, 3.63) is 41.2 Å². The van der Waals surface area contributed by atoms with E-state index in [0.29, 0.717) is 50.5 Å². The van der Waals surface area contributed by atoms with Crippen LogP contribution in [0, 0.1) is 0 Å². The Bertz CT molecular complexity index is 921. The Kier molecular flexibility index (Phi) is 6.36. The molecule has 1 N–H and O–H groups in total. The number of methoxy groups -OCH3 is 1. The van der Waals surface area contributed by atoms with Crippen LogP contribution in [0.5, 0.6) is 5.75 Å². The topological polar surface area (TPSA) is 108 Å². The number of amides is 2. The summed E-state index contributed by atoms with van der Waals surface area (Å²) in [4.78, 5) is 26.3. The number of aromatic nitrogens is 3. The van der Waals surface area contributed by atoms with Crippen molar-refractivity contribution in [3.63, 3.8) is 0 Å². The molecule has 10 heteroatoms. The second-order valence-electron chi connectivity index (χ2n) is 7.57. The third-order valence-corrected chi connectivity index (χ3v) is 5.66. The molecule has 2 aromatic rings. The Morgan fingerprint density at radius 2 is 1.97 bits per heavy atom. The molecule has 1 saturated heterocycles. The van der Waals surface area contributed by atoms with Gasteiger partial charge in [0.1, 0.15) is 11.9 Å². The van der Waals surface area contributed by atoms with Gasteiger partial charge < -0.3 is 24.4 Å². The third kappa shape index (κ3) is 4.63. The fourth-order valence-electron chi connectivity index (χ4n) is 3.88. The molecule has 3 heterocycles. The van der Waals surface area contributed by atoms with Gasteiger partial charge in [-0.3, -0.25) is 4.79 Å². The van der Waals surface area contributed by atoms with Crippen LogP contribution in [0.25, 0.3) is 0 Å². The van der Waals surface area contributed by atoms with Crippen molar-refractivity contribution in [2.45, 2.75) is 45.1 Å². The minimum absolute atomic E-state index is 0.0212. The minimum atomic E-state index is -0.303. The lowest BCUT2D eigenvalue weighted by atomic mass is 10.0. The van der Waals surface area contributed by atoms with Crippen LogP contribution in [0.1, 0.15) is 47.6 Å². The van der Waals surface area contributed by atoms with E-state index in [4.69, 9.17) is 14.2 Å². The first-order valence-corrected chi connectivity index (χ1v) is 10.5. The second kappa shape index (κ2) is 9.34.